The molecule has 0 fully saturated rings. The third kappa shape index (κ3) is 13.2. The van der Waals surface area contributed by atoms with Gasteiger partial charge in [0, 0.05) is 0 Å². The first-order valence-corrected chi connectivity index (χ1v) is 28.0. The van der Waals surface area contributed by atoms with Crippen molar-refractivity contribution in [3.05, 3.63) is 228 Å². The van der Waals surface area contributed by atoms with Crippen LogP contribution in [0.4, 0.5) is 0 Å². The molecular formula is C62H64O2SiZr. The molecule has 332 valence electrons. The Bertz CT molecular complexity index is 2960. The van der Waals surface area contributed by atoms with Crippen LogP contribution in [0, 0.1) is 27.7 Å². The Hall–Kier alpha value is -5.80. The summed E-state index contributed by atoms with van der Waals surface area (Å²) in [6.45, 7) is 21.0. The Morgan fingerprint density at radius 2 is 0.727 bits per heavy atom. The van der Waals surface area contributed by atoms with Gasteiger partial charge in [-0.2, -0.15) is 12.1 Å². The van der Waals surface area contributed by atoms with Crippen LogP contribution < -0.4 is 10.4 Å². The van der Waals surface area contributed by atoms with E-state index < -0.39 is 5.43 Å². The first kappa shape index (κ1) is 49.6. The number of aryl methyl sites for hydroxylation is 4. The average Bonchev–Trinajstić information content (AvgIpc) is 3.90. The molecule has 0 atom stereocenters. The molecule has 0 saturated carbocycles. The van der Waals surface area contributed by atoms with Crippen LogP contribution in [0.25, 0.3) is 43.1 Å². The van der Waals surface area contributed by atoms with Crippen LogP contribution in [0.3, 0.4) is 0 Å². The number of hydrogen-bond donors (Lipinski definition) is 2. The third-order valence-corrected chi connectivity index (χ3v) is 17.6. The number of rotatable bonds is 2. The summed E-state index contributed by atoms with van der Waals surface area (Å²) in [7, 11) is 0. The second kappa shape index (κ2) is 22.1. The Labute approximate surface area is 408 Å². The molecule has 2 N–H and O–H groups in total. The predicted molar refractivity (Wildman–Crippen MR) is 285 cm³/mol. The Morgan fingerprint density at radius 3 is 1.08 bits per heavy atom. The Kier molecular flexibility index (Phi) is 16.6. The molecule has 0 spiro atoms. The first-order valence-electron chi connectivity index (χ1n) is 22.8. The van der Waals surface area contributed by atoms with E-state index in [4.69, 9.17) is 0 Å². The minimum absolute atomic E-state index is 0.0239. The number of fused-ring (bicyclic) bond motifs is 6. The number of benzene rings is 8. The van der Waals surface area contributed by atoms with Gasteiger partial charge >= 0.3 is 99.8 Å². The summed E-state index contributed by atoms with van der Waals surface area (Å²) in [6, 6.07) is 68.0. The van der Waals surface area contributed by atoms with Gasteiger partial charge in [0.05, 0.1) is 0 Å². The van der Waals surface area contributed by atoms with Gasteiger partial charge in [0.25, 0.3) is 0 Å². The van der Waals surface area contributed by atoms with Crippen LogP contribution in [0.15, 0.2) is 194 Å². The van der Waals surface area contributed by atoms with Crippen LogP contribution in [0.2, 0.25) is 0 Å². The van der Waals surface area contributed by atoms with Gasteiger partial charge in [-0.1, -0.05) is 173 Å². The van der Waals surface area contributed by atoms with Crippen LogP contribution in [0.1, 0.15) is 74.9 Å². The zero-order valence-corrected chi connectivity index (χ0v) is 43.8. The van der Waals surface area contributed by atoms with Crippen molar-refractivity contribution in [1.82, 2.24) is 0 Å². The number of hydrogen-bond acceptors (Lipinski definition) is 2. The Morgan fingerprint density at radius 1 is 0.394 bits per heavy atom. The molecule has 0 aliphatic carbocycles. The zero-order valence-electron chi connectivity index (χ0n) is 40.4. The molecule has 0 saturated heterocycles. The number of phenolic OH excluding ortho intramolecular Hbond substituents is 2. The number of phenols is 2. The van der Waals surface area contributed by atoms with Gasteiger partial charge in [0.2, 0.25) is 0 Å². The maximum atomic E-state index is 9.57. The van der Waals surface area contributed by atoms with Gasteiger partial charge in [-0.3, -0.25) is 0 Å². The molecule has 66 heavy (non-hydrogen) atoms. The average molecular weight is 961 g/mol. The topological polar surface area (TPSA) is 40.5 Å². The molecule has 0 aliphatic rings. The van der Waals surface area contributed by atoms with E-state index in [2.05, 4.69) is 213 Å². The van der Waals surface area contributed by atoms with E-state index in [0.717, 1.165) is 11.1 Å². The molecule has 0 aliphatic heterocycles. The molecule has 0 amide bonds. The van der Waals surface area contributed by atoms with Gasteiger partial charge in [0.1, 0.15) is 11.5 Å². The van der Waals surface area contributed by atoms with Crippen molar-refractivity contribution >= 4 is 58.9 Å². The van der Waals surface area contributed by atoms with Crippen LogP contribution >= 0.6 is 0 Å². The molecule has 4 heteroatoms. The monoisotopic (exact) mass is 958 g/mol. The zero-order chi connectivity index (χ0) is 47.6. The molecule has 10 aromatic carbocycles. The van der Waals surface area contributed by atoms with E-state index in [0.29, 0.717) is 11.5 Å². The molecule has 10 aromatic rings. The molecule has 0 unspecified atom stereocenters. The molecule has 0 radical (unpaired) electrons. The fourth-order valence-electron chi connectivity index (χ4n) is 8.11. The normalized spacial score (nSPS) is 11.1. The molecule has 0 aromatic heterocycles. The van der Waals surface area contributed by atoms with Crippen molar-refractivity contribution in [2.24, 2.45) is 0 Å². The summed E-state index contributed by atoms with van der Waals surface area (Å²) in [4.78, 5) is 0. The summed E-state index contributed by atoms with van der Waals surface area (Å²) >= 11 is 1.64. The van der Waals surface area contributed by atoms with E-state index >= 15 is 0 Å². The predicted octanol–water partition coefficient (Wildman–Crippen LogP) is 15.4. The van der Waals surface area contributed by atoms with Crippen LogP contribution in [-0.2, 0) is 34.2 Å². The standard InChI is InChI=1S/2C14H11.C12H10Si.2C11H16O.Zr/c2*1-10-8-12-7-6-11-4-2-3-5-13(11)14(12)9-10;1-3-7-11(8-4-1)13-12-9-5-2-6-10-12;2*1-8-5-6-10(12)9(7-8)11(2,3)4;/h2*2-9H,1H3;1-10H;2*5-7,12H,1-4H3;/q2*-1;;;;+2. The van der Waals surface area contributed by atoms with Gasteiger partial charge in [-0.05, 0) is 47.9 Å². The first-order chi connectivity index (χ1) is 31.4. The summed E-state index contributed by atoms with van der Waals surface area (Å²) in [5.41, 5.74) is 6.70. The van der Waals surface area contributed by atoms with Crippen LogP contribution in [0.5, 0.6) is 11.5 Å². The molecular weight excluding hydrogens is 896 g/mol. The fraction of sp³-hybridized carbons (Fsp3) is 0.194. The molecule has 10 rings (SSSR count). The molecule has 2 nitrogen and oxygen atoms in total. The van der Waals surface area contributed by atoms with Crippen molar-refractivity contribution in [1.29, 1.82) is 0 Å². The second-order valence-corrected chi connectivity index (χ2v) is 24.9. The summed E-state index contributed by atoms with van der Waals surface area (Å²) < 4.78 is 0. The fourth-order valence-corrected chi connectivity index (χ4v) is 11.9. The van der Waals surface area contributed by atoms with E-state index in [1.165, 1.54) is 75.7 Å². The van der Waals surface area contributed by atoms with Crippen molar-refractivity contribution < 1.29 is 33.5 Å². The minimum atomic E-state index is -0.455. The van der Waals surface area contributed by atoms with Gasteiger partial charge < -0.3 is 10.2 Å². The van der Waals surface area contributed by atoms with Crippen molar-refractivity contribution in [2.75, 3.05) is 0 Å². The summed E-state index contributed by atoms with van der Waals surface area (Å²) in [5.74, 6) is 0.793. The van der Waals surface area contributed by atoms with Gasteiger partial charge in [-0.15, -0.1) is 56.9 Å². The SMILES string of the molecule is Cc1cc2ccc3ccccc3c2[cH-]1.Cc1cc2ccc3ccccc3c2[cH-]1.Cc1ccc(O)c(C(C)(C)C)c1.Cc1ccc(O)c(C(C)(C)C)c1.[Zr+2]=[Si](c1ccccc1)c1ccccc1. The van der Waals surface area contributed by atoms with Crippen molar-refractivity contribution in [3.8, 4) is 11.5 Å². The van der Waals surface area contributed by atoms with Crippen molar-refractivity contribution in [3.63, 3.8) is 0 Å². The molecule has 0 heterocycles. The van der Waals surface area contributed by atoms with Crippen LogP contribution in [-0.4, -0.2) is 15.6 Å². The second-order valence-electron chi connectivity index (χ2n) is 19.3. The van der Waals surface area contributed by atoms with Crippen molar-refractivity contribution in [2.45, 2.75) is 80.1 Å². The Balaban J connectivity index is 0.000000137. The van der Waals surface area contributed by atoms with E-state index in [1.807, 2.05) is 38.1 Å². The maximum absolute atomic E-state index is 9.57. The van der Waals surface area contributed by atoms with Gasteiger partial charge in [0.15, 0.2) is 0 Å². The molecule has 0 bridgehead atoms. The number of aromatic hydroxyl groups is 2. The van der Waals surface area contributed by atoms with E-state index in [9.17, 15) is 10.2 Å². The third-order valence-electron chi connectivity index (χ3n) is 11.6. The van der Waals surface area contributed by atoms with E-state index in [1.54, 1.807) is 35.5 Å². The quantitative estimate of drug-likeness (QED) is 0.134. The summed E-state index contributed by atoms with van der Waals surface area (Å²) in [6.07, 6.45) is 0. The van der Waals surface area contributed by atoms with E-state index in [-0.39, 0.29) is 10.8 Å². The summed E-state index contributed by atoms with van der Waals surface area (Å²) in [5, 5.41) is 33.0. The van der Waals surface area contributed by atoms with Gasteiger partial charge in [-0.25, -0.2) is 0 Å².